The van der Waals surface area contributed by atoms with Crippen molar-refractivity contribution in [3.8, 4) is 28.3 Å². The smallest absolute Gasteiger partial charge is 0.163 e. The zero-order valence-corrected chi connectivity index (χ0v) is 15.4. The standard InChI is InChI=1S/C21H15N5S/c1-14-2-4-15(5-3-14)17-12-27-21-18(17)20(26-11-10-23-13-26)24-19(25-21)16-6-8-22-9-7-16/h2-13H,1H3. The summed E-state index contributed by atoms with van der Waals surface area (Å²) in [6.07, 6.45) is 8.96. The van der Waals surface area contributed by atoms with Gasteiger partial charge in [0.15, 0.2) is 11.6 Å². The lowest BCUT2D eigenvalue weighted by molar-refractivity contribution is 0.998. The van der Waals surface area contributed by atoms with Crippen LogP contribution in [0, 0.1) is 6.92 Å². The first-order chi connectivity index (χ1) is 13.3. The number of benzene rings is 1. The van der Waals surface area contributed by atoms with Crippen molar-refractivity contribution in [3.05, 3.63) is 78.5 Å². The van der Waals surface area contributed by atoms with Gasteiger partial charge in [-0.25, -0.2) is 15.0 Å². The highest BCUT2D eigenvalue weighted by Crippen LogP contribution is 2.37. The molecule has 0 amide bonds. The fraction of sp³-hybridized carbons (Fsp3) is 0.0476. The van der Waals surface area contributed by atoms with Crippen molar-refractivity contribution < 1.29 is 0 Å². The van der Waals surface area contributed by atoms with Crippen LogP contribution in [0.15, 0.2) is 72.9 Å². The molecule has 130 valence electrons. The fourth-order valence-corrected chi connectivity index (χ4v) is 4.01. The summed E-state index contributed by atoms with van der Waals surface area (Å²) >= 11 is 1.63. The highest BCUT2D eigenvalue weighted by molar-refractivity contribution is 7.17. The summed E-state index contributed by atoms with van der Waals surface area (Å²) in [6.45, 7) is 2.09. The third-order valence-corrected chi connectivity index (χ3v) is 5.34. The second kappa shape index (κ2) is 6.41. The molecule has 0 aliphatic rings. The predicted molar refractivity (Wildman–Crippen MR) is 108 cm³/mol. The maximum absolute atomic E-state index is 4.88. The van der Waals surface area contributed by atoms with E-state index in [0.29, 0.717) is 5.82 Å². The third-order valence-electron chi connectivity index (χ3n) is 4.46. The van der Waals surface area contributed by atoms with E-state index in [2.05, 4.69) is 46.5 Å². The van der Waals surface area contributed by atoms with Gasteiger partial charge in [0.1, 0.15) is 11.2 Å². The number of rotatable bonds is 3. The van der Waals surface area contributed by atoms with E-state index in [9.17, 15) is 0 Å². The van der Waals surface area contributed by atoms with Gasteiger partial charge in [0.25, 0.3) is 0 Å². The van der Waals surface area contributed by atoms with Crippen molar-refractivity contribution in [2.45, 2.75) is 6.92 Å². The molecular formula is C21H15N5S. The molecule has 0 fully saturated rings. The molecular weight excluding hydrogens is 354 g/mol. The first-order valence-electron chi connectivity index (χ1n) is 8.54. The van der Waals surface area contributed by atoms with Crippen molar-refractivity contribution >= 4 is 21.6 Å². The van der Waals surface area contributed by atoms with Gasteiger partial charge in [0.2, 0.25) is 0 Å². The molecule has 0 spiro atoms. The van der Waals surface area contributed by atoms with Crippen LogP contribution in [0.1, 0.15) is 5.56 Å². The second-order valence-corrected chi connectivity index (χ2v) is 7.13. The molecule has 27 heavy (non-hydrogen) atoms. The van der Waals surface area contributed by atoms with Crippen LogP contribution in [0.2, 0.25) is 0 Å². The van der Waals surface area contributed by atoms with Crippen LogP contribution < -0.4 is 0 Å². The van der Waals surface area contributed by atoms with Crippen LogP contribution in [0.3, 0.4) is 0 Å². The summed E-state index contributed by atoms with van der Waals surface area (Å²) in [7, 11) is 0. The monoisotopic (exact) mass is 369 g/mol. The lowest BCUT2D eigenvalue weighted by Gasteiger charge is -2.09. The van der Waals surface area contributed by atoms with Crippen molar-refractivity contribution in [2.75, 3.05) is 0 Å². The van der Waals surface area contributed by atoms with Crippen molar-refractivity contribution in [1.82, 2.24) is 24.5 Å². The van der Waals surface area contributed by atoms with Gasteiger partial charge in [-0.15, -0.1) is 11.3 Å². The van der Waals surface area contributed by atoms with Crippen LogP contribution >= 0.6 is 11.3 Å². The Kier molecular flexibility index (Phi) is 3.76. The topological polar surface area (TPSA) is 56.5 Å². The Hall–Kier alpha value is -3.38. The van der Waals surface area contributed by atoms with Crippen LogP contribution in [0.4, 0.5) is 0 Å². The summed E-state index contributed by atoms with van der Waals surface area (Å²) in [4.78, 5) is 19.0. The van der Waals surface area contributed by atoms with Gasteiger partial charge < -0.3 is 0 Å². The van der Waals surface area contributed by atoms with Crippen molar-refractivity contribution in [2.24, 2.45) is 0 Å². The zero-order chi connectivity index (χ0) is 18.2. The molecule has 5 rings (SSSR count). The maximum Gasteiger partial charge on any atom is 0.163 e. The minimum atomic E-state index is 0.686. The van der Waals surface area contributed by atoms with Crippen molar-refractivity contribution in [1.29, 1.82) is 0 Å². The Balaban J connectivity index is 1.79. The summed E-state index contributed by atoms with van der Waals surface area (Å²) in [5, 5.41) is 3.19. The number of pyridine rings is 1. The molecule has 0 saturated heterocycles. The van der Waals surface area contributed by atoms with Crippen molar-refractivity contribution in [3.63, 3.8) is 0 Å². The molecule has 5 aromatic rings. The Morgan fingerprint density at radius 3 is 2.41 bits per heavy atom. The highest BCUT2D eigenvalue weighted by atomic mass is 32.1. The Bertz CT molecular complexity index is 1210. The molecule has 4 heterocycles. The number of thiophene rings is 1. The molecule has 5 nitrogen and oxygen atoms in total. The largest absolute Gasteiger partial charge is 0.290 e. The number of fused-ring (bicyclic) bond motifs is 1. The van der Waals surface area contributed by atoms with Gasteiger partial charge in [-0.05, 0) is 24.6 Å². The molecule has 0 bridgehead atoms. The Labute approximate surface area is 160 Å². The molecule has 0 N–H and O–H groups in total. The number of aromatic nitrogens is 5. The Morgan fingerprint density at radius 2 is 1.67 bits per heavy atom. The van der Waals surface area contributed by atoms with Gasteiger partial charge in [-0.2, -0.15) is 0 Å². The van der Waals surface area contributed by atoms with E-state index in [1.807, 2.05) is 22.9 Å². The van der Waals surface area contributed by atoms with Crippen LogP contribution in [0.25, 0.3) is 38.5 Å². The molecule has 0 radical (unpaired) electrons. The fourth-order valence-electron chi connectivity index (χ4n) is 3.07. The van der Waals surface area contributed by atoms with E-state index in [-0.39, 0.29) is 0 Å². The SMILES string of the molecule is Cc1ccc(-c2csc3nc(-c4ccncc4)nc(-n4ccnc4)c23)cc1. The second-order valence-electron chi connectivity index (χ2n) is 6.27. The lowest BCUT2D eigenvalue weighted by atomic mass is 10.0. The normalized spacial score (nSPS) is 11.1. The molecule has 0 atom stereocenters. The highest BCUT2D eigenvalue weighted by Gasteiger charge is 2.17. The number of hydrogen-bond acceptors (Lipinski definition) is 5. The lowest BCUT2D eigenvalue weighted by Crippen LogP contribution is -2.00. The number of hydrogen-bond donors (Lipinski definition) is 0. The molecule has 1 aromatic carbocycles. The van der Waals surface area contributed by atoms with Gasteiger partial charge in [0.05, 0.1) is 5.39 Å². The molecule has 4 aromatic heterocycles. The van der Waals surface area contributed by atoms with E-state index >= 15 is 0 Å². The van der Waals surface area contributed by atoms with E-state index in [1.165, 1.54) is 5.56 Å². The molecule has 0 unspecified atom stereocenters. The number of aryl methyl sites for hydroxylation is 1. The molecule has 0 aliphatic heterocycles. The average Bonchev–Trinajstić information content (AvgIpc) is 3.39. The maximum atomic E-state index is 4.88. The van der Waals surface area contributed by atoms with Crippen LogP contribution in [-0.4, -0.2) is 24.5 Å². The van der Waals surface area contributed by atoms with Crippen LogP contribution in [-0.2, 0) is 0 Å². The van der Waals surface area contributed by atoms with E-state index in [0.717, 1.165) is 32.7 Å². The predicted octanol–water partition coefficient (Wildman–Crippen LogP) is 4.91. The number of imidazole rings is 1. The Morgan fingerprint density at radius 1 is 0.852 bits per heavy atom. The molecule has 6 heteroatoms. The van der Waals surface area contributed by atoms with Crippen LogP contribution in [0.5, 0.6) is 0 Å². The zero-order valence-electron chi connectivity index (χ0n) is 14.6. The summed E-state index contributed by atoms with van der Waals surface area (Å²) < 4.78 is 1.94. The summed E-state index contributed by atoms with van der Waals surface area (Å²) in [5.74, 6) is 1.52. The third kappa shape index (κ3) is 2.80. The quantitative estimate of drug-likeness (QED) is 0.453. The number of nitrogens with zero attached hydrogens (tertiary/aromatic N) is 5. The first kappa shape index (κ1) is 15.8. The first-order valence-corrected chi connectivity index (χ1v) is 9.42. The van der Waals surface area contributed by atoms with Gasteiger partial charge in [-0.1, -0.05) is 29.8 Å². The minimum absolute atomic E-state index is 0.686. The minimum Gasteiger partial charge on any atom is -0.290 e. The van der Waals surface area contributed by atoms with Gasteiger partial charge in [-0.3, -0.25) is 9.55 Å². The molecule has 0 aliphatic carbocycles. The summed E-state index contributed by atoms with van der Waals surface area (Å²) in [5.41, 5.74) is 4.48. The summed E-state index contributed by atoms with van der Waals surface area (Å²) in [6, 6.07) is 12.4. The van der Waals surface area contributed by atoms with Gasteiger partial charge >= 0.3 is 0 Å². The van der Waals surface area contributed by atoms with E-state index < -0.39 is 0 Å². The van der Waals surface area contributed by atoms with E-state index in [4.69, 9.17) is 9.97 Å². The van der Waals surface area contributed by atoms with E-state index in [1.54, 1.807) is 36.3 Å². The average molecular weight is 369 g/mol. The van der Waals surface area contributed by atoms with Gasteiger partial charge in [0, 0.05) is 41.3 Å². The molecule has 0 saturated carbocycles.